The Hall–Kier alpha value is -2.39. The van der Waals surface area contributed by atoms with Crippen LogP contribution in [0, 0.1) is 0 Å². The number of ether oxygens (including phenoxy) is 2. The van der Waals surface area contributed by atoms with Gasteiger partial charge in [0, 0.05) is 31.0 Å². The molecule has 1 fully saturated rings. The first-order valence-corrected chi connectivity index (χ1v) is 7.71. The summed E-state index contributed by atoms with van der Waals surface area (Å²) in [5.41, 5.74) is 1.75. The lowest BCUT2D eigenvalue weighted by Crippen LogP contribution is -2.33. The molecule has 2 N–H and O–H groups in total. The van der Waals surface area contributed by atoms with E-state index in [1.54, 1.807) is 0 Å². The normalized spacial score (nSPS) is 18.0. The molecule has 2 aromatic rings. The van der Waals surface area contributed by atoms with Crippen LogP contribution in [0.1, 0.15) is 11.7 Å². The molecule has 1 aliphatic rings. The fourth-order valence-corrected chi connectivity index (χ4v) is 2.33. The predicted octanol–water partition coefficient (Wildman–Crippen LogP) is 2.82. The zero-order valence-corrected chi connectivity index (χ0v) is 13.2. The molecule has 1 aromatic heterocycles. The Kier molecular flexibility index (Phi) is 5.34. The molecule has 1 aliphatic heterocycles. The van der Waals surface area contributed by atoms with Crippen LogP contribution >= 0.6 is 0 Å². The van der Waals surface area contributed by atoms with Crippen molar-refractivity contribution in [3.05, 3.63) is 42.1 Å². The van der Waals surface area contributed by atoms with Crippen molar-refractivity contribution >= 4 is 11.6 Å². The van der Waals surface area contributed by atoms with E-state index in [-0.39, 0.29) is 17.9 Å². The van der Waals surface area contributed by atoms with E-state index in [4.69, 9.17) is 4.74 Å². The Morgan fingerprint density at radius 1 is 1.24 bits per heavy atom. The molecule has 0 bridgehead atoms. The molecule has 1 saturated heterocycles. The smallest absolute Gasteiger partial charge is 0.422 e. The van der Waals surface area contributed by atoms with E-state index in [0.29, 0.717) is 12.3 Å². The first kappa shape index (κ1) is 17.4. The molecule has 0 unspecified atom stereocenters. The lowest BCUT2D eigenvalue weighted by atomic mass is 10.1. The molecule has 6 nitrogen and oxygen atoms in total. The Morgan fingerprint density at radius 2 is 2.04 bits per heavy atom. The van der Waals surface area contributed by atoms with E-state index in [9.17, 15) is 13.2 Å². The number of alkyl halides is 3. The standard InChI is InChI=1S/C16H17F3N4O2/c17-16(18,19)10-25-14-5-6-21-15(23-14)22-12-3-1-11(2-4-12)13-9-20-7-8-24-13/h1-6,13,20H,7-10H2,(H,21,22,23)/t13-/m0/s1. The van der Waals surface area contributed by atoms with Gasteiger partial charge in [-0.3, -0.25) is 0 Å². The summed E-state index contributed by atoms with van der Waals surface area (Å²) in [6, 6.07) is 8.78. The van der Waals surface area contributed by atoms with Crippen molar-refractivity contribution in [3.8, 4) is 5.88 Å². The van der Waals surface area contributed by atoms with Crippen LogP contribution in [0.15, 0.2) is 36.5 Å². The van der Waals surface area contributed by atoms with E-state index >= 15 is 0 Å². The number of nitrogens with zero attached hydrogens (tertiary/aromatic N) is 2. The van der Waals surface area contributed by atoms with Gasteiger partial charge < -0.3 is 20.1 Å². The summed E-state index contributed by atoms with van der Waals surface area (Å²) in [5, 5.41) is 6.19. The number of morpholine rings is 1. The number of hydrogen-bond acceptors (Lipinski definition) is 6. The summed E-state index contributed by atoms with van der Waals surface area (Å²) in [5.74, 6) is 0.0103. The molecule has 3 rings (SSSR count). The van der Waals surface area contributed by atoms with Gasteiger partial charge in [0.2, 0.25) is 11.8 Å². The van der Waals surface area contributed by atoms with Crippen LogP contribution < -0.4 is 15.4 Å². The molecule has 9 heteroatoms. The number of benzene rings is 1. The molecule has 1 atom stereocenters. The first-order valence-electron chi connectivity index (χ1n) is 7.71. The highest BCUT2D eigenvalue weighted by Crippen LogP contribution is 2.22. The Labute approximate surface area is 142 Å². The summed E-state index contributed by atoms with van der Waals surface area (Å²) in [6.45, 7) is 0.880. The van der Waals surface area contributed by atoms with E-state index in [2.05, 4.69) is 25.3 Å². The van der Waals surface area contributed by atoms with Crippen molar-refractivity contribution in [2.45, 2.75) is 12.3 Å². The zero-order chi connectivity index (χ0) is 17.7. The van der Waals surface area contributed by atoms with Crippen molar-refractivity contribution in [3.63, 3.8) is 0 Å². The lowest BCUT2D eigenvalue weighted by molar-refractivity contribution is -0.154. The number of rotatable bonds is 5. The van der Waals surface area contributed by atoms with Crippen molar-refractivity contribution in [2.75, 3.05) is 31.6 Å². The van der Waals surface area contributed by atoms with E-state index in [0.717, 1.165) is 18.7 Å². The monoisotopic (exact) mass is 354 g/mol. The quantitative estimate of drug-likeness (QED) is 0.861. The largest absolute Gasteiger partial charge is 0.468 e. The van der Waals surface area contributed by atoms with Crippen LogP contribution in [-0.2, 0) is 4.74 Å². The second-order valence-electron chi connectivity index (χ2n) is 5.43. The van der Waals surface area contributed by atoms with Gasteiger partial charge in [0.05, 0.1) is 12.7 Å². The highest BCUT2D eigenvalue weighted by molar-refractivity contribution is 5.54. The lowest BCUT2D eigenvalue weighted by Gasteiger charge is -2.24. The van der Waals surface area contributed by atoms with Gasteiger partial charge in [-0.15, -0.1) is 0 Å². The van der Waals surface area contributed by atoms with E-state index in [1.807, 2.05) is 24.3 Å². The first-order chi connectivity index (χ1) is 12.0. The van der Waals surface area contributed by atoms with Crippen molar-refractivity contribution in [1.82, 2.24) is 15.3 Å². The zero-order valence-electron chi connectivity index (χ0n) is 13.2. The van der Waals surface area contributed by atoms with Gasteiger partial charge in [0.15, 0.2) is 6.61 Å². The summed E-state index contributed by atoms with van der Waals surface area (Å²) < 4.78 is 46.8. The van der Waals surface area contributed by atoms with E-state index < -0.39 is 12.8 Å². The minimum atomic E-state index is -4.41. The average molecular weight is 354 g/mol. The van der Waals surface area contributed by atoms with Gasteiger partial charge in [-0.2, -0.15) is 18.2 Å². The van der Waals surface area contributed by atoms with Gasteiger partial charge in [-0.25, -0.2) is 4.98 Å². The van der Waals surface area contributed by atoms with Crippen molar-refractivity contribution < 1.29 is 22.6 Å². The summed E-state index contributed by atoms with van der Waals surface area (Å²) in [4.78, 5) is 7.88. The molecule has 0 spiro atoms. The molecule has 134 valence electrons. The topological polar surface area (TPSA) is 68.3 Å². The number of halogens is 3. The molecular weight excluding hydrogens is 337 g/mol. The minimum absolute atomic E-state index is 0.0122. The maximum absolute atomic E-state index is 12.2. The summed E-state index contributed by atoms with van der Waals surface area (Å²) in [7, 11) is 0. The van der Waals surface area contributed by atoms with Crippen LogP contribution in [0.4, 0.5) is 24.8 Å². The van der Waals surface area contributed by atoms with Gasteiger partial charge >= 0.3 is 6.18 Å². The van der Waals surface area contributed by atoms with Crippen LogP contribution in [0.25, 0.3) is 0 Å². The second kappa shape index (κ2) is 7.66. The Balaban J connectivity index is 1.62. The van der Waals surface area contributed by atoms with Crippen LogP contribution in [0.3, 0.4) is 0 Å². The molecule has 0 radical (unpaired) electrons. The Bertz CT molecular complexity index is 689. The highest BCUT2D eigenvalue weighted by Gasteiger charge is 2.28. The Morgan fingerprint density at radius 3 is 2.72 bits per heavy atom. The maximum atomic E-state index is 12.2. The third-order valence-corrected chi connectivity index (χ3v) is 3.48. The number of anilines is 2. The SMILES string of the molecule is FC(F)(F)COc1ccnc(Nc2ccc([C@@H]3CNCCO3)cc2)n1. The third-order valence-electron chi connectivity index (χ3n) is 3.48. The molecule has 1 aromatic carbocycles. The predicted molar refractivity (Wildman–Crippen MR) is 84.9 cm³/mol. The third kappa shape index (κ3) is 5.30. The van der Waals surface area contributed by atoms with Gasteiger partial charge in [0.1, 0.15) is 0 Å². The molecule has 2 heterocycles. The van der Waals surface area contributed by atoms with Gasteiger partial charge in [-0.05, 0) is 17.7 Å². The fraction of sp³-hybridized carbons (Fsp3) is 0.375. The fourth-order valence-electron chi connectivity index (χ4n) is 2.33. The number of aromatic nitrogens is 2. The maximum Gasteiger partial charge on any atom is 0.422 e. The van der Waals surface area contributed by atoms with Crippen molar-refractivity contribution in [1.29, 1.82) is 0 Å². The molecule has 0 amide bonds. The molecule has 25 heavy (non-hydrogen) atoms. The van der Waals surface area contributed by atoms with Gasteiger partial charge in [-0.1, -0.05) is 12.1 Å². The number of nitrogens with one attached hydrogen (secondary N) is 2. The number of hydrogen-bond donors (Lipinski definition) is 2. The molecular formula is C16H17F3N4O2. The van der Waals surface area contributed by atoms with Crippen LogP contribution in [-0.4, -0.2) is 42.4 Å². The highest BCUT2D eigenvalue weighted by atomic mass is 19.4. The molecule has 0 saturated carbocycles. The van der Waals surface area contributed by atoms with Crippen molar-refractivity contribution in [2.24, 2.45) is 0 Å². The van der Waals surface area contributed by atoms with Gasteiger partial charge in [0.25, 0.3) is 0 Å². The summed E-state index contributed by atoms with van der Waals surface area (Å²) in [6.07, 6.45) is -3.07. The molecule has 0 aliphatic carbocycles. The second-order valence-corrected chi connectivity index (χ2v) is 5.43. The minimum Gasteiger partial charge on any atom is -0.468 e. The average Bonchev–Trinajstić information content (AvgIpc) is 2.61. The van der Waals surface area contributed by atoms with Crippen LogP contribution in [0.2, 0.25) is 0 Å². The van der Waals surface area contributed by atoms with Crippen LogP contribution in [0.5, 0.6) is 5.88 Å². The summed E-state index contributed by atoms with van der Waals surface area (Å²) >= 11 is 0. The van der Waals surface area contributed by atoms with E-state index in [1.165, 1.54) is 12.3 Å².